The quantitative estimate of drug-likeness (QED) is 0.538. The molecule has 0 aromatic carbocycles. The Morgan fingerprint density at radius 3 is 2.74 bits per heavy atom. The maximum absolute atomic E-state index is 5.94. The third kappa shape index (κ3) is 2.49. The minimum Gasteiger partial charge on any atom is -0.461 e. The Morgan fingerprint density at radius 2 is 1.96 bits per heavy atom. The van der Waals surface area contributed by atoms with E-state index in [-0.39, 0.29) is 5.82 Å². The molecule has 0 radical (unpaired) electrons. The van der Waals surface area contributed by atoms with Crippen molar-refractivity contribution in [3.63, 3.8) is 0 Å². The highest BCUT2D eigenvalue weighted by Gasteiger charge is 2.12. The van der Waals surface area contributed by atoms with E-state index in [0.717, 1.165) is 0 Å². The number of nitrogen functional groups attached to an aromatic ring is 1. The summed E-state index contributed by atoms with van der Waals surface area (Å²) in [5.74, 6) is 7.11. The van der Waals surface area contributed by atoms with Gasteiger partial charge in [-0.1, -0.05) is 6.07 Å². The number of anilines is 1. The zero-order valence-corrected chi connectivity index (χ0v) is 11.8. The van der Waals surface area contributed by atoms with E-state index in [4.69, 9.17) is 10.2 Å². The Labute approximate surface area is 130 Å². The van der Waals surface area contributed by atoms with Crippen LogP contribution in [0.4, 0.5) is 5.82 Å². The third-order valence-electron chi connectivity index (χ3n) is 3.07. The molecule has 23 heavy (non-hydrogen) atoms. The van der Waals surface area contributed by atoms with Crippen molar-refractivity contribution in [3.05, 3.63) is 60.4 Å². The van der Waals surface area contributed by atoms with Gasteiger partial charge in [0.15, 0.2) is 17.2 Å². The van der Waals surface area contributed by atoms with Crippen molar-refractivity contribution in [1.82, 2.24) is 24.6 Å². The van der Waals surface area contributed by atoms with E-state index in [2.05, 4.69) is 31.9 Å². The molecule has 0 unspecified atom stereocenters. The predicted octanol–water partition coefficient (Wildman–Crippen LogP) is 1.76. The fourth-order valence-electron chi connectivity index (χ4n) is 2.05. The molecule has 0 atom stereocenters. The number of hydrogen-bond acceptors (Lipinski definition) is 6. The van der Waals surface area contributed by atoms with E-state index >= 15 is 0 Å². The minimum absolute atomic E-state index is 0.253. The Hall–Kier alpha value is -3.66. The molecule has 4 aromatic heterocycles. The lowest BCUT2D eigenvalue weighted by Gasteiger charge is -1.96. The molecule has 7 heteroatoms. The highest BCUT2D eigenvalue weighted by atomic mass is 16.3. The largest absolute Gasteiger partial charge is 0.461 e. The fourth-order valence-corrected chi connectivity index (χ4v) is 2.05. The zero-order chi connectivity index (χ0) is 15.6. The number of nitrogens with zero attached hydrogens (tertiary/aromatic N) is 5. The number of aromatic nitrogens is 5. The van der Waals surface area contributed by atoms with Crippen LogP contribution in [0.3, 0.4) is 0 Å². The molecule has 4 heterocycles. The van der Waals surface area contributed by atoms with Gasteiger partial charge in [-0.25, -0.2) is 19.5 Å². The lowest BCUT2D eigenvalue weighted by Crippen LogP contribution is -2.00. The van der Waals surface area contributed by atoms with Crippen LogP contribution in [-0.4, -0.2) is 24.6 Å². The van der Waals surface area contributed by atoms with Gasteiger partial charge in [-0.15, -0.1) is 5.10 Å². The zero-order valence-electron chi connectivity index (χ0n) is 11.8. The molecular weight excluding hydrogens is 292 g/mol. The molecule has 4 rings (SSSR count). The van der Waals surface area contributed by atoms with Gasteiger partial charge in [-0.2, -0.15) is 0 Å². The van der Waals surface area contributed by atoms with Crippen molar-refractivity contribution >= 4 is 11.5 Å². The summed E-state index contributed by atoms with van der Waals surface area (Å²) in [7, 11) is 0. The Kier molecular flexibility index (Phi) is 2.99. The van der Waals surface area contributed by atoms with Gasteiger partial charge in [-0.05, 0) is 36.1 Å². The predicted molar refractivity (Wildman–Crippen MR) is 83.1 cm³/mol. The summed E-state index contributed by atoms with van der Waals surface area (Å²) in [4.78, 5) is 12.7. The first-order valence-electron chi connectivity index (χ1n) is 6.79. The Balaban J connectivity index is 1.77. The Morgan fingerprint density at radius 1 is 1.04 bits per heavy atom. The smallest absolute Gasteiger partial charge is 0.218 e. The second kappa shape index (κ2) is 5.27. The summed E-state index contributed by atoms with van der Waals surface area (Å²) >= 11 is 0. The van der Waals surface area contributed by atoms with Gasteiger partial charge in [0.05, 0.1) is 12.5 Å². The van der Waals surface area contributed by atoms with Gasteiger partial charge in [0.25, 0.3) is 0 Å². The van der Waals surface area contributed by atoms with E-state index in [9.17, 15) is 0 Å². The SMILES string of the molecule is Nc1nc(C#Cc2ccccn2)cn2nc(-c3ccco3)nc12. The van der Waals surface area contributed by atoms with Gasteiger partial charge in [0.2, 0.25) is 5.82 Å². The van der Waals surface area contributed by atoms with Gasteiger partial charge in [-0.3, -0.25) is 0 Å². The van der Waals surface area contributed by atoms with Crippen LogP contribution in [0.15, 0.2) is 53.4 Å². The van der Waals surface area contributed by atoms with Crippen LogP contribution in [0.2, 0.25) is 0 Å². The Bertz CT molecular complexity index is 1030. The molecule has 0 aliphatic carbocycles. The van der Waals surface area contributed by atoms with Crippen LogP contribution in [0.1, 0.15) is 11.4 Å². The van der Waals surface area contributed by atoms with Crippen molar-refractivity contribution in [2.75, 3.05) is 5.73 Å². The maximum atomic E-state index is 5.94. The lowest BCUT2D eigenvalue weighted by molar-refractivity contribution is 0.577. The molecule has 0 spiro atoms. The van der Waals surface area contributed by atoms with Crippen LogP contribution >= 0.6 is 0 Å². The van der Waals surface area contributed by atoms with Crippen molar-refractivity contribution in [1.29, 1.82) is 0 Å². The summed E-state index contributed by atoms with van der Waals surface area (Å²) in [6.45, 7) is 0. The van der Waals surface area contributed by atoms with Gasteiger partial charge < -0.3 is 10.2 Å². The van der Waals surface area contributed by atoms with Crippen LogP contribution in [0, 0.1) is 11.8 Å². The molecule has 0 aliphatic heterocycles. The van der Waals surface area contributed by atoms with Crippen molar-refractivity contribution in [2.24, 2.45) is 0 Å². The molecule has 0 amide bonds. The molecule has 7 nitrogen and oxygen atoms in total. The minimum atomic E-state index is 0.253. The second-order valence-electron chi connectivity index (χ2n) is 4.66. The first-order chi connectivity index (χ1) is 11.3. The third-order valence-corrected chi connectivity index (χ3v) is 3.07. The molecule has 0 aliphatic rings. The number of hydrogen-bond donors (Lipinski definition) is 1. The molecule has 4 aromatic rings. The van der Waals surface area contributed by atoms with Crippen LogP contribution in [0.5, 0.6) is 0 Å². The normalized spacial score (nSPS) is 10.4. The standard InChI is InChI=1S/C16H10N6O/c17-14-16-20-15(13-5-3-9-23-13)21-22(16)10-12(19-14)7-6-11-4-1-2-8-18-11/h1-5,8-10H,(H2,17,19). The van der Waals surface area contributed by atoms with Crippen molar-refractivity contribution < 1.29 is 4.42 Å². The van der Waals surface area contributed by atoms with E-state index < -0.39 is 0 Å². The van der Waals surface area contributed by atoms with Crippen molar-refractivity contribution in [3.8, 4) is 23.4 Å². The monoisotopic (exact) mass is 302 g/mol. The molecule has 0 fully saturated rings. The topological polar surface area (TPSA) is 95.1 Å². The van der Waals surface area contributed by atoms with Crippen LogP contribution in [0.25, 0.3) is 17.2 Å². The number of fused-ring (bicyclic) bond motifs is 1. The van der Waals surface area contributed by atoms with E-state index in [1.165, 1.54) is 0 Å². The number of rotatable bonds is 1. The fraction of sp³-hybridized carbons (Fsp3) is 0. The van der Waals surface area contributed by atoms with Crippen LogP contribution < -0.4 is 5.73 Å². The number of pyridine rings is 1. The summed E-state index contributed by atoms with van der Waals surface area (Å²) in [5.41, 5.74) is 7.54. The lowest BCUT2D eigenvalue weighted by atomic mass is 10.3. The molecule has 2 N–H and O–H groups in total. The van der Waals surface area contributed by atoms with Crippen LogP contribution in [-0.2, 0) is 0 Å². The molecule has 110 valence electrons. The van der Waals surface area contributed by atoms with E-state index in [0.29, 0.717) is 28.6 Å². The first kappa shape index (κ1) is 13.0. The van der Waals surface area contributed by atoms with E-state index in [1.54, 1.807) is 35.3 Å². The first-order valence-corrected chi connectivity index (χ1v) is 6.79. The van der Waals surface area contributed by atoms with Gasteiger partial charge >= 0.3 is 0 Å². The average Bonchev–Trinajstić information content (AvgIpc) is 3.23. The average molecular weight is 302 g/mol. The highest BCUT2D eigenvalue weighted by Crippen LogP contribution is 2.18. The summed E-state index contributed by atoms with van der Waals surface area (Å²) in [6, 6.07) is 9.07. The number of nitrogens with two attached hydrogens (primary N) is 1. The maximum Gasteiger partial charge on any atom is 0.218 e. The molecule has 0 saturated carbocycles. The molecular formula is C16H10N6O. The highest BCUT2D eigenvalue weighted by molar-refractivity contribution is 5.64. The molecule has 0 bridgehead atoms. The second-order valence-corrected chi connectivity index (χ2v) is 4.66. The summed E-state index contributed by atoms with van der Waals surface area (Å²) in [6.07, 6.45) is 4.91. The summed E-state index contributed by atoms with van der Waals surface area (Å²) in [5, 5.41) is 4.34. The number of furan rings is 1. The van der Waals surface area contributed by atoms with Gasteiger partial charge in [0, 0.05) is 6.20 Å². The summed E-state index contributed by atoms with van der Waals surface area (Å²) < 4.78 is 6.83. The molecule has 0 saturated heterocycles. The van der Waals surface area contributed by atoms with E-state index in [1.807, 2.05) is 18.2 Å². The van der Waals surface area contributed by atoms with Crippen molar-refractivity contribution in [2.45, 2.75) is 0 Å². The van der Waals surface area contributed by atoms with Gasteiger partial charge in [0.1, 0.15) is 11.4 Å².